The molecule has 1 saturated carbocycles. The molecule has 0 atom stereocenters. The van der Waals surface area contributed by atoms with Crippen LogP contribution in [0.2, 0.25) is 0 Å². The summed E-state index contributed by atoms with van der Waals surface area (Å²) in [4.78, 5) is 23.2. The Kier molecular flexibility index (Phi) is 5.83. The normalized spacial score (nSPS) is 17.2. The fraction of sp³-hybridized carbons (Fsp3) is 0.500. The van der Waals surface area contributed by atoms with Crippen molar-refractivity contribution in [3.63, 3.8) is 0 Å². The fourth-order valence-corrected chi connectivity index (χ4v) is 4.78. The number of nitrogens with one attached hydrogen (secondary N) is 1. The maximum absolute atomic E-state index is 13.4. The minimum absolute atomic E-state index is 0.101. The molecule has 3 aromatic rings. The predicted molar refractivity (Wildman–Crippen MR) is 133 cm³/mol. The topological polar surface area (TPSA) is 66.3 Å². The predicted octanol–water partition coefficient (Wildman–Crippen LogP) is 4.59. The summed E-state index contributed by atoms with van der Waals surface area (Å²) in [5.41, 5.74) is 5.73. The van der Waals surface area contributed by atoms with Gasteiger partial charge in [0.05, 0.1) is 17.1 Å². The summed E-state index contributed by atoms with van der Waals surface area (Å²) in [6.07, 6.45) is 4.06. The van der Waals surface area contributed by atoms with Gasteiger partial charge in [-0.1, -0.05) is 6.92 Å². The van der Waals surface area contributed by atoms with E-state index in [0.29, 0.717) is 11.5 Å². The first-order chi connectivity index (χ1) is 15.9. The van der Waals surface area contributed by atoms with E-state index in [1.807, 2.05) is 16.8 Å². The van der Waals surface area contributed by atoms with Crippen LogP contribution in [0.3, 0.4) is 0 Å². The highest BCUT2D eigenvalue weighted by molar-refractivity contribution is 6.12. The standard InChI is InChI=1S/C26H34N6O/c1-5-30-10-12-31(13-11-30)24-9-8-20(14-18(24)4)28-26(33)21-15-23(19-6-7-19)29-25-22(21)16-27-32(25)17(2)3/h8-9,14-17,19H,5-7,10-13H2,1-4H3,(H,28,33). The van der Waals surface area contributed by atoms with E-state index < -0.39 is 0 Å². The molecule has 3 heterocycles. The zero-order valence-corrected chi connectivity index (χ0v) is 20.1. The highest BCUT2D eigenvalue weighted by Gasteiger charge is 2.28. The lowest BCUT2D eigenvalue weighted by molar-refractivity contribution is 0.102. The van der Waals surface area contributed by atoms with Crippen molar-refractivity contribution in [2.45, 2.75) is 52.5 Å². The second kappa shape index (κ2) is 8.78. The first-order valence-corrected chi connectivity index (χ1v) is 12.2. The van der Waals surface area contributed by atoms with Crippen molar-refractivity contribution in [2.24, 2.45) is 0 Å². The van der Waals surface area contributed by atoms with Crippen molar-refractivity contribution in [3.05, 3.63) is 47.3 Å². The van der Waals surface area contributed by atoms with Crippen LogP contribution < -0.4 is 10.2 Å². The SMILES string of the molecule is CCN1CCN(c2ccc(NC(=O)c3cc(C4CC4)nc4c3cnn4C(C)C)cc2C)CC1. The molecule has 1 aliphatic carbocycles. The van der Waals surface area contributed by atoms with E-state index in [9.17, 15) is 4.79 Å². The van der Waals surface area contributed by atoms with Gasteiger partial charge in [-0.25, -0.2) is 9.67 Å². The van der Waals surface area contributed by atoms with E-state index in [4.69, 9.17) is 4.98 Å². The Morgan fingerprint density at radius 2 is 1.91 bits per heavy atom. The number of benzene rings is 1. The number of hydrogen-bond donors (Lipinski definition) is 1. The molecule has 2 fully saturated rings. The number of hydrogen-bond acceptors (Lipinski definition) is 5. The van der Waals surface area contributed by atoms with Gasteiger partial charge in [0, 0.05) is 55.2 Å². The molecule has 0 radical (unpaired) electrons. The van der Waals surface area contributed by atoms with Crippen molar-refractivity contribution < 1.29 is 4.79 Å². The fourth-order valence-electron chi connectivity index (χ4n) is 4.78. The van der Waals surface area contributed by atoms with Gasteiger partial charge in [0.1, 0.15) is 0 Å². The van der Waals surface area contributed by atoms with Gasteiger partial charge in [-0.3, -0.25) is 4.79 Å². The quantitative estimate of drug-likeness (QED) is 0.600. The van der Waals surface area contributed by atoms with Crippen LogP contribution in [0.25, 0.3) is 11.0 Å². The number of aromatic nitrogens is 3. The Morgan fingerprint density at radius 1 is 1.15 bits per heavy atom. The molecule has 1 aliphatic heterocycles. The smallest absolute Gasteiger partial charge is 0.256 e. The molecule has 2 aliphatic rings. The largest absolute Gasteiger partial charge is 0.369 e. The molecule has 7 heteroatoms. The highest BCUT2D eigenvalue weighted by atomic mass is 16.1. The number of piperazine rings is 1. The molecule has 1 N–H and O–H groups in total. The lowest BCUT2D eigenvalue weighted by Crippen LogP contribution is -2.46. The molecule has 2 aromatic heterocycles. The summed E-state index contributed by atoms with van der Waals surface area (Å²) in [6.45, 7) is 13.9. The van der Waals surface area contributed by atoms with Crippen molar-refractivity contribution in [3.8, 4) is 0 Å². The number of aryl methyl sites for hydroxylation is 1. The summed E-state index contributed by atoms with van der Waals surface area (Å²) in [7, 11) is 0. The average molecular weight is 447 g/mol. The van der Waals surface area contributed by atoms with Crippen molar-refractivity contribution in [1.82, 2.24) is 19.7 Å². The van der Waals surface area contributed by atoms with Crippen molar-refractivity contribution in [2.75, 3.05) is 42.9 Å². The van der Waals surface area contributed by atoms with Crippen molar-refractivity contribution in [1.29, 1.82) is 0 Å². The molecule has 5 rings (SSSR count). The number of nitrogens with zero attached hydrogens (tertiary/aromatic N) is 5. The maximum Gasteiger partial charge on any atom is 0.256 e. The number of likely N-dealkylation sites (N-methyl/N-ethyl adjacent to an activating group) is 1. The summed E-state index contributed by atoms with van der Waals surface area (Å²) >= 11 is 0. The van der Waals surface area contributed by atoms with Crippen LogP contribution in [0.1, 0.15) is 67.2 Å². The molecule has 0 unspecified atom stereocenters. The lowest BCUT2D eigenvalue weighted by Gasteiger charge is -2.36. The Morgan fingerprint density at radius 3 is 2.55 bits per heavy atom. The minimum Gasteiger partial charge on any atom is -0.369 e. The summed E-state index contributed by atoms with van der Waals surface area (Å²) in [5.74, 6) is 0.363. The average Bonchev–Trinajstić information content (AvgIpc) is 3.57. The highest BCUT2D eigenvalue weighted by Crippen LogP contribution is 2.40. The molecule has 0 spiro atoms. The van der Waals surface area contributed by atoms with Gasteiger partial charge < -0.3 is 15.1 Å². The van der Waals surface area contributed by atoms with Crippen LogP contribution in [-0.4, -0.2) is 58.3 Å². The van der Waals surface area contributed by atoms with Gasteiger partial charge in [0.25, 0.3) is 5.91 Å². The number of amides is 1. The van der Waals surface area contributed by atoms with E-state index in [1.165, 1.54) is 11.3 Å². The monoisotopic (exact) mass is 446 g/mol. The third-order valence-corrected chi connectivity index (χ3v) is 6.93. The maximum atomic E-state index is 13.4. The third kappa shape index (κ3) is 4.34. The van der Waals surface area contributed by atoms with Crippen LogP contribution in [0.15, 0.2) is 30.5 Å². The van der Waals surface area contributed by atoms with Crippen LogP contribution in [0.4, 0.5) is 11.4 Å². The third-order valence-electron chi connectivity index (χ3n) is 6.93. The summed E-state index contributed by atoms with van der Waals surface area (Å²) in [5, 5.41) is 8.46. The minimum atomic E-state index is -0.101. The Labute approximate surface area is 195 Å². The Bertz CT molecular complexity index is 1170. The van der Waals surface area contributed by atoms with Gasteiger partial charge in [-0.05, 0) is 70.0 Å². The van der Waals surface area contributed by atoms with E-state index in [2.05, 4.69) is 60.0 Å². The molecule has 174 valence electrons. The molecular weight excluding hydrogens is 412 g/mol. The molecule has 7 nitrogen and oxygen atoms in total. The van der Waals surface area contributed by atoms with Crippen LogP contribution in [0.5, 0.6) is 0 Å². The molecular formula is C26H34N6O. The van der Waals surface area contributed by atoms with Gasteiger partial charge in [0.15, 0.2) is 5.65 Å². The number of anilines is 2. The van der Waals surface area contributed by atoms with Crippen molar-refractivity contribution >= 4 is 28.3 Å². The number of pyridine rings is 1. The number of carbonyl (C=O) groups is 1. The number of rotatable bonds is 6. The van der Waals surface area contributed by atoms with E-state index in [-0.39, 0.29) is 11.9 Å². The zero-order chi connectivity index (χ0) is 23.1. The van der Waals surface area contributed by atoms with E-state index in [0.717, 1.165) is 68.0 Å². The molecule has 1 saturated heterocycles. The number of carbonyl (C=O) groups excluding carboxylic acids is 1. The first kappa shape index (κ1) is 21.9. The first-order valence-electron chi connectivity index (χ1n) is 12.2. The molecule has 0 bridgehead atoms. The summed E-state index contributed by atoms with van der Waals surface area (Å²) < 4.78 is 1.91. The Balaban J connectivity index is 1.39. The van der Waals surface area contributed by atoms with Crippen LogP contribution >= 0.6 is 0 Å². The number of fused-ring (bicyclic) bond motifs is 1. The lowest BCUT2D eigenvalue weighted by atomic mass is 10.1. The molecule has 33 heavy (non-hydrogen) atoms. The van der Waals surface area contributed by atoms with Gasteiger partial charge in [-0.15, -0.1) is 0 Å². The molecule has 1 aromatic carbocycles. The van der Waals surface area contributed by atoms with Gasteiger partial charge in [0.2, 0.25) is 0 Å². The zero-order valence-electron chi connectivity index (χ0n) is 20.1. The van der Waals surface area contributed by atoms with E-state index in [1.54, 1.807) is 6.20 Å². The second-order valence-corrected chi connectivity index (χ2v) is 9.67. The van der Waals surface area contributed by atoms with Gasteiger partial charge >= 0.3 is 0 Å². The summed E-state index contributed by atoms with van der Waals surface area (Å²) in [6, 6.07) is 8.40. The second-order valence-electron chi connectivity index (χ2n) is 9.67. The van der Waals surface area contributed by atoms with Crippen LogP contribution in [0, 0.1) is 6.92 Å². The van der Waals surface area contributed by atoms with Gasteiger partial charge in [-0.2, -0.15) is 5.10 Å². The van der Waals surface area contributed by atoms with Crippen LogP contribution in [-0.2, 0) is 0 Å². The van der Waals surface area contributed by atoms with E-state index >= 15 is 0 Å². The molecule has 1 amide bonds. The Hall–Kier alpha value is -2.93.